The van der Waals surface area contributed by atoms with Crippen LogP contribution in [0.3, 0.4) is 0 Å². The van der Waals surface area contributed by atoms with Crippen LogP contribution in [0.4, 0.5) is 0 Å². The molecule has 1 N–H and O–H groups in total. The Labute approximate surface area is 108 Å². The van der Waals surface area contributed by atoms with Crippen LogP contribution in [0.25, 0.3) is 0 Å². The standard InChI is InChI=1S/C11H13NO5S/c1-18-9-3-2-8(17-9)10(13)12-4-5-16-6-7(12)11(14)15/h2-3,7H,4-6H2,1H3,(H,14,15). The highest BCUT2D eigenvalue weighted by Gasteiger charge is 2.34. The minimum atomic E-state index is -1.07. The smallest absolute Gasteiger partial charge is 0.328 e. The fraction of sp³-hybridized carbons (Fsp3) is 0.455. The molecule has 7 heteroatoms. The summed E-state index contributed by atoms with van der Waals surface area (Å²) < 4.78 is 10.4. The molecular weight excluding hydrogens is 258 g/mol. The van der Waals surface area contributed by atoms with E-state index in [0.29, 0.717) is 11.7 Å². The van der Waals surface area contributed by atoms with E-state index in [-0.39, 0.29) is 18.9 Å². The SMILES string of the molecule is CSc1ccc(C(=O)N2CCOCC2C(=O)O)o1. The number of aliphatic carboxylic acids is 1. The summed E-state index contributed by atoms with van der Waals surface area (Å²) in [5.41, 5.74) is 0. The number of ether oxygens (including phenoxy) is 1. The van der Waals surface area contributed by atoms with E-state index in [1.165, 1.54) is 16.7 Å². The van der Waals surface area contributed by atoms with Crippen LogP contribution < -0.4 is 0 Å². The summed E-state index contributed by atoms with van der Waals surface area (Å²) in [6.45, 7) is 0.605. The highest BCUT2D eigenvalue weighted by atomic mass is 32.2. The molecule has 1 aromatic rings. The number of amides is 1. The van der Waals surface area contributed by atoms with Gasteiger partial charge in [0.05, 0.1) is 13.2 Å². The van der Waals surface area contributed by atoms with E-state index in [9.17, 15) is 9.59 Å². The second kappa shape index (κ2) is 5.45. The lowest BCUT2D eigenvalue weighted by Gasteiger charge is -2.32. The summed E-state index contributed by atoms with van der Waals surface area (Å²) in [4.78, 5) is 24.5. The van der Waals surface area contributed by atoms with Gasteiger partial charge in [-0.05, 0) is 18.4 Å². The third-order valence-corrected chi connectivity index (χ3v) is 3.29. The Morgan fingerprint density at radius 1 is 1.50 bits per heavy atom. The van der Waals surface area contributed by atoms with Crippen molar-refractivity contribution < 1.29 is 23.8 Å². The van der Waals surface area contributed by atoms with Crippen molar-refractivity contribution in [2.45, 2.75) is 11.1 Å². The highest BCUT2D eigenvalue weighted by Crippen LogP contribution is 2.20. The number of thioether (sulfide) groups is 1. The Balaban J connectivity index is 2.17. The molecular formula is C11H13NO5S. The summed E-state index contributed by atoms with van der Waals surface area (Å²) in [7, 11) is 0. The lowest BCUT2D eigenvalue weighted by Crippen LogP contribution is -2.52. The summed E-state index contributed by atoms with van der Waals surface area (Å²) >= 11 is 1.38. The second-order valence-electron chi connectivity index (χ2n) is 3.75. The molecule has 1 fully saturated rings. The van der Waals surface area contributed by atoms with Crippen molar-refractivity contribution in [3.63, 3.8) is 0 Å². The molecule has 1 saturated heterocycles. The van der Waals surface area contributed by atoms with E-state index in [0.717, 1.165) is 0 Å². The molecule has 18 heavy (non-hydrogen) atoms. The van der Waals surface area contributed by atoms with Gasteiger partial charge >= 0.3 is 5.97 Å². The van der Waals surface area contributed by atoms with Crippen LogP contribution in [0.15, 0.2) is 21.6 Å². The van der Waals surface area contributed by atoms with Crippen molar-refractivity contribution in [1.29, 1.82) is 0 Å². The molecule has 1 aliphatic rings. The Morgan fingerprint density at radius 3 is 2.89 bits per heavy atom. The van der Waals surface area contributed by atoms with Crippen molar-refractivity contribution >= 4 is 23.6 Å². The fourth-order valence-electron chi connectivity index (χ4n) is 1.74. The quantitative estimate of drug-likeness (QED) is 0.824. The average molecular weight is 271 g/mol. The van der Waals surface area contributed by atoms with Crippen LogP contribution in [0.1, 0.15) is 10.6 Å². The molecule has 98 valence electrons. The van der Waals surface area contributed by atoms with Gasteiger partial charge in [0.15, 0.2) is 16.9 Å². The summed E-state index contributed by atoms with van der Waals surface area (Å²) in [6, 6.07) is 2.30. The third-order valence-electron chi connectivity index (χ3n) is 2.67. The number of carboxylic acid groups (broad SMARTS) is 1. The first kappa shape index (κ1) is 13.0. The number of morpholine rings is 1. The largest absolute Gasteiger partial charge is 0.480 e. The number of nitrogens with zero attached hydrogens (tertiary/aromatic N) is 1. The van der Waals surface area contributed by atoms with E-state index in [1.807, 2.05) is 6.26 Å². The molecule has 0 radical (unpaired) electrons. The van der Waals surface area contributed by atoms with Crippen LogP contribution >= 0.6 is 11.8 Å². The first-order valence-electron chi connectivity index (χ1n) is 5.39. The third kappa shape index (κ3) is 2.51. The van der Waals surface area contributed by atoms with E-state index < -0.39 is 17.9 Å². The van der Waals surface area contributed by atoms with Crippen molar-refractivity contribution in [3.05, 3.63) is 17.9 Å². The Hall–Kier alpha value is -1.47. The van der Waals surface area contributed by atoms with E-state index in [2.05, 4.69) is 0 Å². The van der Waals surface area contributed by atoms with Gasteiger partial charge in [-0.2, -0.15) is 0 Å². The van der Waals surface area contributed by atoms with Gasteiger partial charge in [-0.15, -0.1) is 0 Å². The van der Waals surface area contributed by atoms with Gasteiger partial charge in [-0.1, -0.05) is 11.8 Å². The van der Waals surface area contributed by atoms with E-state index >= 15 is 0 Å². The molecule has 2 rings (SSSR count). The van der Waals surface area contributed by atoms with Crippen LogP contribution in [0.5, 0.6) is 0 Å². The van der Waals surface area contributed by atoms with Crippen LogP contribution in [-0.2, 0) is 9.53 Å². The molecule has 2 heterocycles. The minimum absolute atomic E-state index is 0.0111. The number of furan rings is 1. The monoisotopic (exact) mass is 271 g/mol. The van der Waals surface area contributed by atoms with Crippen molar-refractivity contribution in [2.75, 3.05) is 26.0 Å². The number of carboxylic acids is 1. The molecule has 0 saturated carbocycles. The van der Waals surface area contributed by atoms with Gasteiger partial charge < -0.3 is 19.2 Å². The molecule has 1 atom stereocenters. The number of rotatable bonds is 3. The maximum absolute atomic E-state index is 12.1. The molecule has 0 aromatic carbocycles. The topological polar surface area (TPSA) is 80.0 Å². The predicted octanol–water partition coefficient (Wildman–Crippen LogP) is 0.927. The van der Waals surface area contributed by atoms with Gasteiger partial charge in [-0.3, -0.25) is 4.79 Å². The first-order valence-corrected chi connectivity index (χ1v) is 6.61. The molecule has 1 aromatic heterocycles. The molecule has 0 spiro atoms. The lowest BCUT2D eigenvalue weighted by molar-refractivity contribution is -0.147. The lowest BCUT2D eigenvalue weighted by atomic mass is 10.2. The molecule has 0 bridgehead atoms. The highest BCUT2D eigenvalue weighted by molar-refractivity contribution is 7.98. The molecule has 1 aliphatic heterocycles. The van der Waals surface area contributed by atoms with Gasteiger partial charge in [0.25, 0.3) is 5.91 Å². The molecule has 1 amide bonds. The maximum atomic E-state index is 12.1. The number of carbonyl (C=O) groups excluding carboxylic acids is 1. The number of hydrogen-bond acceptors (Lipinski definition) is 5. The Bertz CT molecular complexity index is 458. The molecule has 6 nitrogen and oxygen atoms in total. The zero-order chi connectivity index (χ0) is 13.1. The van der Waals surface area contributed by atoms with Crippen LogP contribution in [0.2, 0.25) is 0 Å². The van der Waals surface area contributed by atoms with Crippen molar-refractivity contribution in [3.8, 4) is 0 Å². The second-order valence-corrected chi connectivity index (χ2v) is 4.56. The van der Waals surface area contributed by atoms with Crippen molar-refractivity contribution in [2.24, 2.45) is 0 Å². The van der Waals surface area contributed by atoms with Gasteiger partial charge in [0.2, 0.25) is 0 Å². The van der Waals surface area contributed by atoms with E-state index in [1.54, 1.807) is 12.1 Å². The Kier molecular flexibility index (Phi) is 3.93. The summed E-state index contributed by atoms with van der Waals surface area (Å²) in [5, 5.41) is 9.67. The number of hydrogen-bond donors (Lipinski definition) is 1. The van der Waals surface area contributed by atoms with Crippen LogP contribution in [-0.4, -0.2) is 53.9 Å². The summed E-state index contributed by atoms with van der Waals surface area (Å²) in [5.74, 6) is -1.32. The minimum Gasteiger partial charge on any atom is -0.480 e. The average Bonchev–Trinajstić information content (AvgIpc) is 2.86. The normalized spacial score (nSPS) is 19.8. The number of carbonyl (C=O) groups is 2. The first-order chi connectivity index (χ1) is 8.63. The zero-order valence-electron chi connectivity index (χ0n) is 9.79. The van der Waals surface area contributed by atoms with Crippen LogP contribution in [0, 0.1) is 0 Å². The Morgan fingerprint density at radius 2 is 2.28 bits per heavy atom. The van der Waals surface area contributed by atoms with Gasteiger partial charge in [0.1, 0.15) is 0 Å². The van der Waals surface area contributed by atoms with Gasteiger partial charge in [-0.25, -0.2) is 4.79 Å². The van der Waals surface area contributed by atoms with Gasteiger partial charge in [0, 0.05) is 6.54 Å². The fourth-order valence-corrected chi connectivity index (χ4v) is 2.11. The zero-order valence-corrected chi connectivity index (χ0v) is 10.6. The summed E-state index contributed by atoms with van der Waals surface area (Å²) in [6.07, 6.45) is 1.84. The molecule has 1 unspecified atom stereocenters. The molecule has 0 aliphatic carbocycles. The van der Waals surface area contributed by atoms with Crippen molar-refractivity contribution in [1.82, 2.24) is 4.90 Å². The van der Waals surface area contributed by atoms with E-state index in [4.69, 9.17) is 14.3 Å². The maximum Gasteiger partial charge on any atom is 0.328 e. The predicted molar refractivity (Wildman–Crippen MR) is 63.8 cm³/mol.